The molecule has 4 nitrogen and oxygen atoms in total. The van der Waals surface area contributed by atoms with Crippen LogP contribution in [-0.4, -0.2) is 25.2 Å². The Morgan fingerprint density at radius 1 is 1.53 bits per heavy atom. The number of benzene rings is 1. The molecular formula is C15H19NO3. The Balaban J connectivity index is 1.91. The number of ether oxygens (including phenoxy) is 2. The van der Waals surface area contributed by atoms with E-state index in [2.05, 4.69) is 5.32 Å². The third kappa shape index (κ3) is 4.02. The van der Waals surface area contributed by atoms with Gasteiger partial charge < -0.3 is 14.8 Å². The van der Waals surface area contributed by atoms with Gasteiger partial charge in [0.1, 0.15) is 6.10 Å². The molecule has 1 aliphatic heterocycles. The summed E-state index contributed by atoms with van der Waals surface area (Å²) in [6, 6.07) is 7.33. The fourth-order valence-electron chi connectivity index (χ4n) is 1.94. The molecule has 0 saturated carbocycles. The van der Waals surface area contributed by atoms with Crippen molar-refractivity contribution < 1.29 is 14.3 Å². The quantitative estimate of drug-likeness (QED) is 0.828. The molecule has 0 radical (unpaired) electrons. The van der Waals surface area contributed by atoms with Crippen molar-refractivity contribution in [2.24, 2.45) is 0 Å². The van der Waals surface area contributed by atoms with Crippen LogP contribution in [0.1, 0.15) is 30.1 Å². The van der Waals surface area contributed by atoms with Crippen molar-refractivity contribution >= 4 is 11.7 Å². The Bertz CT molecular complexity index is 456. The van der Waals surface area contributed by atoms with Crippen LogP contribution in [0.25, 0.3) is 0 Å². The summed E-state index contributed by atoms with van der Waals surface area (Å²) < 4.78 is 10.5. The van der Waals surface area contributed by atoms with Gasteiger partial charge in [0.25, 0.3) is 0 Å². The number of esters is 1. The first-order valence-electron chi connectivity index (χ1n) is 6.61. The lowest BCUT2D eigenvalue weighted by Crippen LogP contribution is -2.23. The highest BCUT2D eigenvalue weighted by molar-refractivity contribution is 5.90. The molecule has 102 valence electrons. The van der Waals surface area contributed by atoms with Crippen molar-refractivity contribution in [1.82, 2.24) is 0 Å². The van der Waals surface area contributed by atoms with E-state index in [1.165, 1.54) is 0 Å². The zero-order valence-electron chi connectivity index (χ0n) is 11.1. The summed E-state index contributed by atoms with van der Waals surface area (Å²) in [7, 11) is 0. The van der Waals surface area contributed by atoms with Crippen LogP contribution in [-0.2, 0) is 9.47 Å². The minimum Gasteiger partial charge on any atom is -0.497 e. The molecule has 0 amide bonds. The summed E-state index contributed by atoms with van der Waals surface area (Å²) in [5, 5.41) is 3.29. The van der Waals surface area contributed by atoms with Gasteiger partial charge in [-0.2, -0.15) is 0 Å². The van der Waals surface area contributed by atoms with Crippen molar-refractivity contribution in [3.63, 3.8) is 0 Å². The van der Waals surface area contributed by atoms with Gasteiger partial charge in [0, 0.05) is 5.69 Å². The maximum absolute atomic E-state index is 11.6. The number of carbonyl (C=O) groups is 1. The predicted octanol–water partition coefficient (Wildman–Crippen LogP) is 2.97. The van der Waals surface area contributed by atoms with Crippen LogP contribution < -0.4 is 5.32 Å². The van der Waals surface area contributed by atoms with Crippen LogP contribution in [0.3, 0.4) is 0 Å². The van der Waals surface area contributed by atoms with Gasteiger partial charge in [0.15, 0.2) is 0 Å². The van der Waals surface area contributed by atoms with Gasteiger partial charge in [-0.05, 0) is 44.0 Å². The monoisotopic (exact) mass is 261 g/mol. The molecule has 0 spiro atoms. The number of carbonyl (C=O) groups excluding carboxylic acids is 1. The SMILES string of the molecule is CCOC(=O)c1cccc(NCC2CCC=CO2)c1. The number of hydrogen-bond acceptors (Lipinski definition) is 4. The molecule has 0 aliphatic carbocycles. The van der Waals surface area contributed by atoms with Crippen LogP contribution >= 0.6 is 0 Å². The van der Waals surface area contributed by atoms with Crippen molar-refractivity contribution in [3.8, 4) is 0 Å². The van der Waals surface area contributed by atoms with Gasteiger partial charge in [-0.3, -0.25) is 0 Å². The first-order valence-corrected chi connectivity index (χ1v) is 6.61. The van der Waals surface area contributed by atoms with Crippen molar-refractivity contribution in [3.05, 3.63) is 42.2 Å². The Kier molecular flexibility index (Phi) is 4.84. The van der Waals surface area contributed by atoms with E-state index in [4.69, 9.17) is 9.47 Å². The van der Waals surface area contributed by atoms with E-state index in [-0.39, 0.29) is 12.1 Å². The molecule has 1 unspecified atom stereocenters. The van der Waals surface area contributed by atoms with Crippen LogP contribution in [0, 0.1) is 0 Å². The predicted molar refractivity (Wildman–Crippen MR) is 74.1 cm³/mol. The van der Waals surface area contributed by atoms with Crippen molar-refractivity contribution in [2.75, 3.05) is 18.5 Å². The third-order valence-electron chi connectivity index (χ3n) is 2.93. The van der Waals surface area contributed by atoms with E-state index in [0.29, 0.717) is 12.2 Å². The standard InChI is InChI=1S/C15H19NO3/c1-2-18-15(17)12-6-5-7-13(10-12)16-11-14-8-3-4-9-19-14/h4-7,9-10,14,16H,2-3,8,11H2,1H3. The molecule has 4 heteroatoms. The van der Waals surface area contributed by atoms with E-state index in [1.54, 1.807) is 25.3 Å². The van der Waals surface area contributed by atoms with E-state index in [1.807, 2.05) is 18.2 Å². The molecule has 0 aromatic heterocycles. The van der Waals surface area contributed by atoms with Crippen LogP contribution in [0.5, 0.6) is 0 Å². The summed E-state index contributed by atoms with van der Waals surface area (Å²) in [6.07, 6.45) is 6.04. The average molecular weight is 261 g/mol. The van der Waals surface area contributed by atoms with Crippen molar-refractivity contribution in [2.45, 2.75) is 25.9 Å². The highest BCUT2D eigenvalue weighted by atomic mass is 16.5. The number of rotatable bonds is 5. The van der Waals surface area contributed by atoms with Gasteiger partial charge >= 0.3 is 5.97 Å². The van der Waals surface area contributed by atoms with E-state index >= 15 is 0 Å². The molecule has 2 rings (SSSR count). The molecule has 0 fully saturated rings. The Morgan fingerprint density at radius 2 is 2.42 bits per heavy atom. The second-order valence-corrected chi connectivity index (χ2v) is 4.39. The van der Waals surface area contributed by atoms with E-state index in [0.717, 1.165) is 25.1 Å². The molecule has 0 bridgehead atoms. The third-order valence-corrected chi connectivity index (χ3v) is 2.93. The van der Waals surface area contributed by atoms with Crippen LogP contribution in [0.15, 0.2) is 36.6 Å². The normalized spacial score (nSPS) is 17.6. The van der Waals surface area contributed by atoms with Crippen LogP contribution in [0.2, 0.25) is 0 Å². The highest BCUT2D eigenvalue weighted by Crippen LogP contribution is 2.14. The average Bonchev–Trinajstić information content (AvgIpc) is 2.47. The molecule has 1 aromatic carbocycles. The Morgan fingerprint density at radius 3 is 3.16 bits per heavy atom. The fourth-order valence-corrected chi connectivity index (χ4v) is 1.94. The number of anilines is 1. The van der Waals surface area contributed by atoms with Gasteiger partial charge in [-0.15, -0.1) is 0 Å². The zero-order valence-corrected chi connectivity index (χ0v) is 11.1. The topological polar surface area (TPSA) is 47.6 Å². The highest BCUT2D eigenvalue weighted by Gasteiger charge is 2.11. The molecule has 0 saturated heterocycles. The smallest absolute Gasteiger partial charge is 0.338 e. The minimum absolute atomic E-state index is 0.191. The first kappa shape index (κ1) is 13.5. The summed E-state index contributed by atoms with van der Waals surface area (Å²) in [6.45, 7) is 2.92. The van der Waals surface area contributed by atoms with Gasteiger partial charge in [-0.25, -0.2) is 4.79 Å². The van der Waals surface area contributed by atoms with Crippen molar-refractivity contribution in [1.29, 1.82) is 0 Å². The second kappa shape index (κ2) is 6.83. The number of nitrogens with one attached hydrogen (secondary N) is 1. The Labute approximate surface area is 113 Å². The van der Waals surface area contributed by atoms with E-state index in [9.17, 15) is 4.79 Å². The molecule has 1 N–H and O–H groups in total. The van der Waals surface area contributed by atoms with Crippen LogP contribution in [0.4, 0.5) is 5.69 Å². The van der Waals surface area contributed by atoms with Gasteiger partial charge in [0.05, 0.1) is 25.0 Å². The first-order chi connectivity index (χ1) is 9.29. The number of hydrogen-bond donors (Lipinski definition) is 1. The molecule has 1 aliphatic rings. The lowest BCUT2D eigenvalue weighted by molar-refractivity contribution is 0.0526. The maximum atomic E-state index is 11.6. The summed E-state index contributed by atoms with van der Waals surface area (Å²) in [4.78, 5) is 11.6. The minimum atomic E-state index is -0.289. The zero-order chi connectivity index (χ0) is 13.5. The summed E-state index contributed by atoms with van der Waals surface area (Å²) in [5.41, 5.74) is 1.47. The molecule has 19 heavy (non-hydrogen) atoms. The number of allylic oxidation sites excluding steroid dienone is 1. The van der Waals surface area contributed by atoms with E-state index < -0.39 is 0 Å². The molecule has 1 atom stereocenters. The molecule has 1 aromatic rings. The molecule has 1 heterocycles. The lowest BCUT2D eigenvalue weighted by Gasteiger charge is -2.20. The lowest BCUT2D eigenvalue weighted by atomic mass is 10.1. The summed E-state index contributed by atoms with van der Waals surface area (Å²) >= 11 is 0. The molecular weight excluding hydrogens is 242 g/mol. The second-order valence-electron chi connectivity index (χ2n) is 4.39. The van der Waals surface area contributed by atoms with Gasteiger partial charge in [0.2, 0.25) is 0 Å². The largest absolute Gasteiger partial charge is 0.497 e. The fraction of sp³-hybridized carbons (Fsp3) is 0.400. The Hall–Kier alpha value is -1.97. The summed E-state index contributed by atoms with van der Waals surface area (Å²) in [5.74, 6) is -0.289. The maximum Gasteiger partial charge on any atom is 0.338 e. The van der Waals surface area contributed by atoms with Gasteiger partial charge in [-0.1, -0.05) is 6.07 Å².